The van der Waals surface area contributed by atoms with E-state index in [0.29, 0.717) is 43.3 Å². The van der Waals surface area contributed by atoms with E-state index in [-0.39, 0.29) is 24.5 Å². The lowest BCUT2D eigenvalue weighted by Crippen LogP contribution is -2.46. The van der Waals surface area contributed by atoms with Crippen LogP contribution in [0.5, 0.6) is 17.2 Å². The molecule has 1 saturated heterocycles. The molecule has 7 heteroatoms. The summed E-state index contributed by atoms with van der Waals surface area (Å²) in [5.74, 6) is 1.51. The van der Waals surface area contributed by atoms with Crippen LogP contribution >= 0.6 is 0 Å². The number of fused-ring (bicyclic) bond motifs is 1. The van der Waals surface area contributed by atoms with E-state index in [1.165, 1.54) is 0 Å². The van der Waals surface area contributed by atoms with Gasteiger partial charge in [0.2, 0.25) is 5.75 Å². The molecule has 5 rings (SSSR count). The number of rotatable bonds is 8. The molecule has 1 aliphatic heterocycles. The van der Waals surface area contributed by atoms with Gasteiger partial charge in [-0.05, 0) is 42.5 Å². The zero-order chi connectivity index (χ0) is 24.4. The maximum absolute atomic E-state index is 13.2. The van der Waals surface area contributed by atoms with Crippen molar-refractivity contribution in [2.75, 3.05) is 34.0 Å². The molecule has 0 radical (unpaired) electrons. The first-order valence-corrected chi connectivity index (χ1v) is 12.4. The summed E-state index contributed by atoms with van der Waals surface area (Å²) in [6, 6.07) is 9.56. The third-order valence-corrected chi connectivity index (χ3v) is 7.55. The van der Waals surface area contributed by atoms with Crippen LogP contribution in [0.15, 0.2) is 30.3 Å². The highest BCUT2D eigenvalue weighted by Gasteiger charge is 2.47. The van der Waals surface area contributed by atoms with E-state index in [9.17, 15) is 9.59 Å². The number of benzene rings is 2. The predicted octanol–water partition coefficient (Wildman–Crippen LogP) is 4.77. The van der Waals surface area contributed by atoms with Crippen molar-refractivity contribution >= 4 is 11.8 Å². The van der Waals surface area contributed by atoms with Gasteiger partial charge in [-0.25, -0.2) is 0 Å². The van der Waals surface area contributed by atoms with Gasteiger partial charge in [-0.15, -0.1) is 0 Å². The molecule has 7 nitrogen and oxygen atoms in total. The summed E-state index contributed by atoms with van der Waals surface area (Å²) >= 11 is 0. The minimum atomic E-state index is -0.668. The summed E-state index contributed by atoms with van der Waals surface area (Å²) < 4.78 is 29.0. The Morgan fingerprint density at radius 1 is 0.971 bits per heavy atom. The number of ketones is 1. The Labute approximate surface area is 205 Å². The lowest BCUT2D eigenvalue weighted by Gasteiger charge is -2.40. The number of Topliss-reactive ketones (excluding diaryl/α,β-unsaturated/α-hetero) is 1. The molecular formula is C28H32O7. The second-order valence-electron chi connectivity index (χ2n) is 9.57. The Morgan fingerprint density at radius 3 is 2.43 bits per heavy atom. The monoisotopic (exact) mass is 480 g/mol. The van der Waals surface area contributed by atoms with Gasteiger partial charge in [-0.2, -0.15) is 0 Å². The number of methoxy groups -OCH3 is 2. The highest BCUT2D eigenvalue weighted by molar-refractivity contribution is 6.02. The van der Waals surface area contributed by atoms with Crippen molar-refractivity contribution in [1.29, 1.82) is 0 Å². The largest absolute Gasteiger partial charge is 0.493 e. The molecule has 0 spiro atoms. The fourth-order valence-electron chi connectivity index (χ4n) is 5.29. The fraction of sp³-hybridized carbons (Fsp3) is 0.500. The van der Waals surface area contributed by atoms with Gasteiger partial charge in [0.05, 0.1) is 27.4 Å². The van der Waals surface area contributed by atoms with Gasteiger partial charge in [-0.1, -0.05) is 24.6 Å². The maximum atomic E-state index is 13.2. The molecule has 0 unspecified atom stereocenters. The molecule has 2 aromatic rings. The van der Waals surface area contributed by atoms with Gasteiger partial charge in [0, 0.05) is 30.4 Å². The van der Waals surface area contributed by atoms with Crippen LogP contribution < -0.4 is 14.2 Å². The van der Waals surface area contributed by atoms with Gasteiger partial charge in [0.15, 0.2) is 17.3 Å². The molecule has 35 heavy (non-hydrogen) atoms. The SMILES string of the molecule is COc1ccc(-c2cccc3c2CCC3=O)c(OCC2(C(=O)OC3CCOCC3)CCC2)c1OC. The van der Waals surface area contributed by atoms with E-state index in [4.69, 9.17) is 23.7 Å². The first-order chi connectivity index (χ1) is 17.1. The maximum Gasteiger partial charge on any atom is 0.315 e. The van der Waals surface area contributed by atoms with Gasteiger partial charge < -0.3 is 23.7 Å². The van der Waals surface area contributed by atoms with Crippen LogP contribution in [-0.4, -0.2) is 51.9 Å². The number of carbonyl (C=O) groups excluding carboxylic acids is 2. The van der Waals surface area contributed by atoms with E-state index >= 15 is 0 Å². The summed E-state index contributed by atoms with van der Waals surface area (Å²) in [4.78, 5) is 25.6. The van der Waals surface area contributed by atoms with E-state index < -0.39 is 5.41 Å². The summed E-state index contributed by atoms with van der Waals surface area (Å²) in [6.07, 6.45) is 4.99. The van der Waals surface area contributed by atoms with Crippen LogP contribution in [0.25, 0.3) is 11.1 Å². The quantitative estimate of drug-likeness (QED) is 0.504. The van der Waals surface area contributed by atoms with Crippen LogP contribution in [0.1, 0.15) is 54.4 Å². The number of esters is 1. The number of hydrogen-bond donors (Lipinski definition) is 0. The van der Waals surface area contributed by atoms with E-state index in [0.717, 1.165) is 54.4 Å². The van der Waals surface area contributed by atoms with Gasteiger partial charge >= 0.3 is 5.97 Å². The number of hydrogen-bond acceptors (Lipinski definition) is 7. The Balaban J connectivity index is 1.46. The fourth-order valence-corrected chi connectivity index (χ4v) is 5.29. The molecule has 0 atom stereocenters. The summed E-state index contributed by atoms with van der Waals surface area (Å²) in [5, 5.41) is 0. The van der Waals surface area contributed by atoms with Gasteiger partial charge in [-0.3, -0.25) is 9.59 Å². The van der Waals surface area contributed by atoms with Gasteiger partial charge in [0.1, 0.15) is 18.1 Å². The molecule has 186 valence electrons. The second kappa shape index (κ2) is 9.90. The Morgan fingerprint density at radius 2 is 1.74 bits per heavy atom. The molecule has 1 saturated carbocycles. The van der Waals surface area contributed by atoms with Crippen molar-refractivity contribution in [2.45, 2.75) is 51.0 Å². The molecular weight excluding hydrogens is 448 g/mol. The van der Waals surface area contributed by atoms with E-state index in [1.807, 2.05) is 30.3 Å². The van der Waals surface area contributed by atoms with Crippen LogP contribution in [0.4, 0.5) is 0 Å². The van der Waals surface area contributed by atoms with E-state index in [1.54, 1.807) is 14.2 Å². The molecule has 0 amide bonds. The van der Waals surface area contributed by atoms with Gasteiger partial charge in [0.25, 0.3) is 0 Å². The predicted molar refractivity (Wildman–Crippen MR) is 129 cm³/mol. The average molecular weight is 481 g/mol. The van der Waals surface area contributed by atoms with Crippen molar-refractivity contribution in [1.82, 2.24) is 0 Å². The van der Waals surface area contributed by atoms with Crippen molar-refractivity contribution in [3.8, 4) is 28.4 Å². The molecule has 2 aliphatic carbocycles. The topological polar surface area (TPSA) is 80.3 Å². The third-order valence-electron chi connectivity index (χ3n) is 7.55. The zero-order valence-corrected chi connectivity index (χ0v) is 20.4. The zero-order valence-electron chi connectivity index (χ0n) is 20.4. The van der Waals surface area contributed by atoms with Crippen molar-refractivity contribution in [3.63, 3.8) is 0 Å². The minimum Gasteiger partial charge on any atom is -0.493 e. The van der Waals surface area contributed by atoms with E-state index in [2.05, 4.69) is 0 Å². The standard InChI is InChI=1S/C28H32O7/c1-31-24-10-8-22(19-5-3-6-21-20(19)7-9-23(21)29)25(26(24)32-2)34-17-28(13-4-14-28)27(30)35-18-11-15-33-16-12-18/h3,5-6,8,10,18H,4,7,9,11-17H2,1-2H3. The number of ether oxygens (including phenoxy) is 5. The minimum absolute atomic E-state index is 0.0971. The summed E-state index contributed by atoms with van der Waals surface area (Å²) in [7, 11) is 3.16. The Hall–Kier alpha value is -3.06. The molecule has 0 bridgehead atoms. The van der Waals surface area contributed by atoms with Crippen LogP contribution in [0.3, 0.4) is 0 Å². The van der Waals surface area contributed by atoms with Crippen LogP contribution in [0.2, 0.25) is 0 Å². The Bertz CT molecular complexity index is 1110. The third kappa shape index (κ3) is 4.38. The van der Waals surface area contributed by atoms with Crippen LogP contribution in [0, 0.1) is 5.41 Å². The van der Waals surface area contributed by atoms with Crippen LogP contribution in [-0.2, 0) is 20.7 Å². The molecule has 1 heterocycles. The molecule has 0 aromatic heterocycles. The summed E-state index contributed by atoms with van der Waals surface area (Å²) in [6.45, 7) is 1.44. The highest BCUT2D eigenvalue weighted by Crippen LogP contribution is 2.49. The molecule has 2 fully saturated rings. The first kappa shape index (κ1) is 23.7. The first-order valence-electron chi connectivity index (χ1n) is 12.4. The average Bonchev–Trinajstić information content (AvgIpc) is 3.24. The molecule has 2 aromatic carbocycles. The lowest BCUT2D eigenvalue weighted by molar-refractivity contribution is -0.174. The Kier molecular flexibility index (Phi) is 6.69. The smallest absolute Gasteiger partial charge is 0.315 e. The van der Waals surface area contributed by atoms with Crippen molar-refractivity contribution in [3.05, 3.63) is 41.5 Å². The second-order valence-corrected chi connectivity index (χ2v) is 9.57. The number of carbonyl (C=O) groups is 2. The lowest BCUT2D eigenvalue weighted by atomic mass is 9.69. The van der Waals surface area contributed by atoms with Crippen molar-refractivity contribution in [2.24, 2.45) is 5.41 Å². The molecule has 3 aliphatic rings. The highest BCUT2D eigenvalue weighted by atomic mass is 16.6. The summed E-state index contributed by atoms with van der Waals surface area (Å²) in [5.41, 5.74) is 2.88. The molecule has 0 N–H and O–H groups in total. The van der Waals surface area contributed by atoms with Crippen molar-refractivity contribution < 1.29 is 33.3 Å². The normalized spacial score (nSPS) is 19.0.